The van der Waals surface area contributed by atoms with E-state index in [9.17, 15) is 12.8 Å². The van der Waals surface area contributed by atoms with Crippen molar-refractivity contribution in [3.05, 3.63) is 59.9 Å². The third-order valence-electron chi connectivity index (χ3n) is 2.55. The van der Waals surface area contributed by atoms with Gasteiger partial charge in [-0.1, -0.05) is 24.4 Å². The molecule has 0 atom stereocenters. The average Bonchev–Trinajstić information content (AvgIpc) is 2.41. The molecule has 7 heteroatoms. The summed E-state index contributed by atoms with van der Waals surface area (Å²) in [5.41, 5.74) is 6.31. The van der Waals surface area contributed by atoms with Crippen molar-refractivity contribution >= 4 is 32.9 Å². The summed E-state index contributed by atoms with van der Waals surface area (Å²) in [7, 11) is -3.73. The van der Waals surface area contributed by atoms with E-state index in [1.807, 2.05) is 0 Å². The van der Waals surface area contributed by atoms with Crippen LogP contribution in [0.3, 0.4) is 0 Å². The van der Waals surface area contributed by atoms with Gasteiger partial charge in [-0.05, 0) is 36.4 Å². The molecule has 0 aliphatic heterocycles. The molecule has 0 spiro atoms. The molecule has 0 amide bonds. The van der Waals surface area contributed by atoms with Crippen LogP contribution in [0.25, 0.3) is 0 Å². The Labute approximate surface area is 121 Å². The van der Waals surface area contributed by atoms with Crippen molar-refractivity contribution in [3.8, 4) is 0 Å². The molecule has 2 aromatic carbocycles. The van der Waals surface area contributed by atoms with Crippen molar-refractivity contribution in [2.45, 2.75) is 4.90 Å². The van der Waals surface area contributed by atoms with Gasteiger partial charge in [0.25, 0.3) is 10.0 Å². The third-order valence-corrected chi connectivity index (χ3v) is 4.18. The second-order valence-electron chi connectivity index (χ2n) is 4.00. The number of thiocarbonyl (C=S) groups is 1. The summed E-state index contributed by atoms with van der Waals surface area (Å²) in [6.07, 6.45) is 0. The molecule has 0 aromatic heterocycles. The SMILES string of the molecule is NC(=S)c1ccc(S(=O)(=O)Nc2ccc(F)cc2)cc1. The third kappa shape index (κ3) is 3.31. The van der Waals surface area contributed by atoms with Crippen molar-refractivity contribution in [2.75, 3.05) is 4.72 Å². The average molecular weight is 310 g/mol. The van der Waals surface area contributed by atoms with Gasteiger partial charge in [0.15, 0.2) is 0 Å². The maximum atomic E-state index is 12.8. The monoisotopic (exact) mass is 310 g/mol. The minimum atomic E-state index is -3.73. The first-order valence-corrected chi connectivity index (χ1v) is 7.46. The Kier molecular flexibility index (Phi) is 4.01. The molecule has 0 radical (unpaired) electrons. The second-order valence-corrected chi connectivity index (χ2v) is 6.12. The molecule has 0 aliphatic rings. The van der Waals surface area contributed by atoms with Crippen molar-refractivity contribution < 1.29 is 12.8 Å². The molecule has 104 valence electrons. The van der Waals surface area contributed by atoms with E-state index in [0.717, 1.165) is 0 Å². The van der Waals surface area contributed by atoms with Gasteiger partial charge < -0.3 is 5.73 Å². The molecule has 0 saturated carbocycles. The highest BCUT2D eigenvalue weighted by Crippen LogP contribution is 2.17. The Morgan fingerprint density at radius 3 is 2.10 bits per heavy atom. The molecule has 2 aromatic rings. The molecule has 0 unspecified atom stereocenters. The van der Waals surface area contributed by atoms with Gasteiger partial charge >= 0.3 is 0 Å². The van der Waals surface area contributed by atoms with E-state index >= 15 is 0 Å². The lowest BCUT2D eigenvalue weighted by atomic mass is 10.2. The summed E-state index contributed by atoms with van der Waals surface area (Å²) in [5.74, 6) is -0.436. The first kappa shape index (κ1) is 14.4. The number of hydrogen-bond donors (Lipinski definition) is 2. The topological polar surface area (TPSA) is 72.2 Å². The Hall–Kier alpha value is -1.99. The van der Waals surface area contributed by atoms with Crippen LogP contribution in [-0.2, 0) is 10.0 Å². The highest BCUT2D eigenvalue weighted by Gasteiger charge is 2.14. The van der Waals surface area contributed by atoms with E-state index in [0.29, 0.717) is 5.56 Å². The Morgan fingerprint density at radius 1 is 1.05 bits per heavy atom. The number of nitrogens with one attached hydrogen (secondary N) is 1. The highest BCUT2D eigenvalue weighted by atomic mass is 32.2. The van der Waals surface area contributed by atoms with E-state index in [2.05, 4.69) is 4.72 Å². The highest BCUT2D eigenvalue weighted by molar-refractivity contribution is 7.92. The van der Waals surface area contributed by atoms with Gasteiger partial charge in [-0.3, -0.25) is 4.72 Å². The summed E-state index contributed by atoms with van der Waals surface area (Å²) < 4.78 is 39.3. The number of nitrogens with two attached hydrogens (primary N) is 1. The van der Waals surface area contributed by atoms with Gasteiger partial charge in [-0.15, -0.1) is 0 Å². The zero-order valence-electron chi connectivity index (χ0n) is 10.2. The summed E-state index contributed by atoms with van der Waals surface area (Å²) in [6, 6.07) is 10.9. The van der Waals surface area contributed by atoms with E-state index in [4.69, 9.17) is 18.0 Å². The summed E-state index contributed by atoms with van der Waals surface area (Å²) in [4.78, 5) is 0.266. The molecule has 2 rings (SSSR count). The number of hydrogen-bond acceptors (Lipinski definition) is 3. The lowest BCUT2D eigenvalue weighted by molar-refractivity contribution is 0.601. The van der Waals surface area contributed by atoms with Crippen molar-refractivity contribution in [3.63, 3.8) is 0 Å². The molecule has 0 saturated heterocycles. The number of rotatable bonds is 4. The minimum Gasteiger partial charge on any atom is -0.389 e. The number of sulfonamides is 1. The van der Waals surface area contributed by atoms with Gasteiger partial charge in [0.05, 0.1) is 4.90 Å². The molecule has 4 nitrogen and oxygen atoms in total. The molecule has 0 fully saturated rings. The van der Waals surface area contributed by atoms with Gasteiger partial charge in [-0.2, -0.15) is 0 Å². The van der Waals surface area contributed by atoms with Crippen LogP contribution in [0.15, 0.2) is 53.4 Å². The quantitative estimate of drug-likeness (QED) is 0.850. The first-order chi connectivity index (χ1) is 9.38. The minimum absolute atomic E-state index is 0.0711. The lowest BCUT2D eigenvalue weighted by Crippen LogP contribution is -2.14. The fraction of sp³-hybridized carbons (Fsp3) is 0. The van der Waals surface area contributed by atoms with Crippen LogP contribution in [0.4, 0.5) is 10.1 Å². The predicted octanol–water partition coefficient (Wildman–Crippen LogP) is 2.26. The van der Waals surface area contributed by atoms with Crippen LogP contribution < -0.4 is 10.5 Å². The van der Waals surface area contributed by atoms with Gasteiger partial charge in [-0.25, -0.2) is 12.8 Å². The first-order valence-electron chi connectivity index (χ1n) is 5.57. The smallest absolute Gasteiger partial charge is 0.261 e. The molecule has 0 heterocycles. The number of benzene rings is 2. The Morgan fingerprint density at radius 2 is 1.60 bits per heavy atom. The van der Waals surface area contributed by atoms with Crippen molar-refractivity contribution in [1.29, 1.82) is 0 Å². The summed E-state index contributed by atoms with van der Waals surface area (Å²) in [5, 5.41) is 0. The zero-order valence-corrected chi connectivity index (χ0v) is 11.8. The Balaban J connectivity index is 2.26. The van der Waals surface area contributed by atoms with E-state index in [1.165, 1.54) is 48.5 Å². The molecule has 0 bridgehead atoms. The van der Waals surface area contributed by atoms with E-state index < -0.39 is 15.8 Å². The standard InChI is InChI=1S/C13H11FN2O2S2/c14-10-3-5-11(6-4-10)16-20(17,18)12-7-1-9(2-8-12)13(15)19/h1-8,16H,(H2,15,19). The van der Waals surface area contributed by atoms with Crippen LogP contribution in [0.2, 0.25) is 0 Å². The van der Waals surface area contributed by atoms with Crippen molar-refractivity contribution in [2.24, 2.45) is 5.73 Å². The molecular formula is C13H11FN2O2S2. The van der Waals surface area contributed by atoms with Crippen LogP contribution >= 0.6 is 12.2 Å². The van der Waals surface area contributed by atoms with Crippen LogP contribution in [0.1, 0.15) is 5.56 Å². The lowest BCUT2D eigenvalue weighted by Gasteiger charge is -2.08. The van der Waals surface area contributed by atoms with E-state index in [-0.39, 0.29) is 15.6 Å². The fourth-order valence-corrected chi connectivity index (χ4v) is 2.73. The normalized spacial score (nSPS) is 11.1. The molecule has 0 aliphatic carbocycles. The largest absolute Gasteiger partial charge is 0.389 e. The van der Waals surface area contributed by atoms with E-state index in [1.54, 1.807) is 0 Å². The van der Waals surface area contributed by atoms with Gasteiger partial charge in [0.2, 0.25) is 0 Å². The molecule has 3 N–H and O–H groups in total. The number of anilines is 1. The summed E-state index contributed by atoms with van der Waals surface area (Å²) >= 11 is 4.79. The molecule has 20 heavy (non-hydrogen) atoms. The maximum Gasteiger partial charge on any atom is 0.261 e. The fourth-order valence-electron chi connectivity index (χ4n) is 1.53. The van der Waals surface area contributed by atoms with Crippen LogP contribution in [-0.4, -0.2) is 13.4 Å². The summed E-state index contributed by atoms with van der Waals surface area (Å²) in [6.45, 7) is 0. The molecular weight excluding hydrogens is 299 g/mol. The zero-order chi connectivity index (χ0) is 14.8. The number of halogens is 1. The van der Waals surface area contributed by atoms with Crippen LogP contribution in [0.5, 0.6) is 0 Å². The van der Waals surface area contributed by atoms with Crippen LogP contribution in [0, 0.1) is 5.82 Å². The van der Waals surface area contributed by atoms with Gasteiger partial charge in [0, 0.05) is 11.3 Å². The Bertz CT molecular complexity index is 726. The maximum absolute atomic E-state index is 12.8. The predicted molar refractivity (Wildman–Crippen MR) is 79.5 cm³/mol. The van der Waals surface area contributed by atoms with Gasteiger partial charge in [0.1, 0.15) is 10.8 Å². The van der Waals surface area contributed by atoms with Crippen molar-refractivity contribution in [1.82, 2.24) is 0 Å². The second kappa shape index (κ2) is 5.56.